The summed E-state index contributed by atoms with van der Waals surface area (Å²) in [5, 5.41) is 9.45. The molecule has 0 radical (unpaired) electrons. The van der Waals surface area contributed by atoms with Crippen LogP contribution in [0.3, 0.4) is 0 Å². The molecule has 0 aromatic heterocycles. The van der Waals surface area contributed by atoms with E-state index in [9.17, 15) is 19.5 Å². The summed E-state index contributed by atoms with van der Waals surface area (Å²) < 4.78 is 12.7. The van der Waals surface area contributed by atoms with Crippen molar-refractivity contribution in [3.05, 3.63) is 22.3 Å². The molecule has 1 aromatic rings. The van der Waals surface area contributed by atoms with E-state index in [0.29, 0.717) is 11.7 Å². The molecule has 4 N–H and O–H groups in total. The minimum Gasteiger partial charge on any atom is -0.487 e. The summed E-state index contributed by atoms with van der Waals surface area (Å²) >= 11 is 0. The van der Waals surface area contributed by atoms with Crippen molar-refractivity contribution in [1.82, 2.24) is 10.4 Å². The van der Waals surface area contributed by atoms with Crippen molar-refractivity contribution < 1.29 is 33.8 Å². The van der Waals surface area contributed by atoms with Gasteiger partial charge in [0.05, 0.1) is 25.7 Å². The summed E-state index contributed by atoms with van der Waals surface area (Å²) in [7, 11) is 0. The number of hydroxylamine groups is 1. The molecule has 0 bridgehead atoms. The second-order valence-electron chi connectivity index (χ2n) is 16.6. The number of fused-ring (bicyclic) bond motifs is 1. The van der Waals surface area contributed by atoms with Gasteiger partial charge in [-0.25, -0.2) is 4.79 Å². The van der Waals surface area contributed by atoms with Gasteiger partial charge in [-0.1, -0.05) is 85.5 Å². The predicted molar refractivity (Wildman–Crippen MR) is 202 cm³/mol. The fourth-order valence-corrected chi connectivity index (χ4v) is 7.76. The Labute approximate surface area is 307 Å². The molecule has 10 heteroatoms. The van der Waals surface area contributed by atoms with Gasteiger partial charge in [-0.3, -0.25) is 14.5 Å². The van der Waals surface area contributed by atoms with Gasteiger partial charge in [0.15, 0.2) is 0 Å². The molecular formula is C41H69N3O7. The summed E-state index contributed by atoms with van der Waals surface area (Å²) in [6.07, 6.45) is 16.7. The zero-order valence-corrected chi connectivity index (χ0v) is 33.0. The monoisotopic (exact) mass is 716 g/mol. The van der Waals surface area contributed by atoms with E-state index in [-0.39, 0.29) is 30.8 Å². The molecule has 0 spiro atoms. The van der Waals surface area contributed by atoms with Crippen LogP contribution in [0.5, 0.6) is 11.5 Å². The summed E-state index contributed by atoms with van der Waals surface area (Å²) in [5.41, 5.74) is 12.3. The van der Waals surface area contributed by atoms with Crippen LogP contribution in [0.1, 0.15) is 147 Å². The Hall–Kier alpha value is -2.69. The Morgan fingerprint density at radius 2 is 1.49 bits per heavy atom. The molecule has 0 unspecified atom stereocenters. The molecule has 290 valence electrons. The van der Waals surface area contributed by atoms with Crippen LogP contribution in [0, 0.1) is 38.5 Å². The number of rotatable bonds is 21. The smallest absolute Gasteiger partial charge is 0.338 e. The van der Waals surface area contributed by atoms with Crippen LogP contribution in [0.15, 0.2) is 0 Å². The molecule has 0 saturated heterocycles. The molecule has 1 saturated carbocycles. The van der Waals surface area contributed by atoms with Gasteiger partial charge in [-0.05, 0) is 101 Å². The third-order valence-electron chi connectivity index (χ3n) is 11.3. The van der Waals surface area contributed by atoms with Gasteiger partial charge in [0.25, 0.3) is 0 Å². The van der Waals surface area contributed by atoms with Crippen LogP contribution in [0.2, 0.25) is 0 Å². The van der Waals surface area contributed by atoms with Gasteiger partial charge in [0.1, 0.15) is 17.1 Å². The summed E-state index contributed by atoms with van der Waals surface area (Å²) in [5.74, 6) is 1.19. The number of carboxylic acid groups (broad SMARTS) is 1. The molecule has 5 atom stereocenters. The highest BCUT2D eigenvalue weighted by molar-refractivity contribution is 5.79. The fourth-order valence-electron chi connectivity index (χ4n) is 7.76. The van der Waals surface area contributed by atoms with E-state index >= 15 is 0 Å². The second-order valence-corrected chi connectivity index (χ2v) is 16.6. The highest BCUT2D eigenvalue weighted by atomic mass is 16.7. The highest BCUT2D eigenvalue weighted by Gasteiger charge is 2.35. The van der Waals surface area contributed by atoms with Crippen LogP contribution >= 0.6 is 0 Å². The van der Waals surface area contributed by atoms with Crippen LogP contribution in [-0.2, 0) is 25.6 Å². The molecule has 51 heavy (non-hydrogen) atoms. The van der Waals surface area contributed by atoms with Gasteiger partial charge < -0.3 is 25.2 Å². The number of carbonyl (C=O) groups excluding carboxylic acids is 2. The first kappa shape index (κ1) is 42.7. The van der Waals surface area contributed by atoms with Crippen molar-refractivity contribution in [2.24, 2.45) is 23.5 Å². The minimum absolute atomic E-state index is 0.117. The zero-order valence-electron chi connectivity index (χ0n) is 33.0. The first-order valence-corrected chi connectivity index (χ1v) is 19.8. The Bertz CT molecular complexity index is 1300. The number of carbonyl (C=O) groups is 3. The Kier molecular flexibility index (Phi) is 17.2. The zero-order chi connectivity index (χ0) is 37.7. The van der Waals surface area contributed by atoms with Gasteiger partial charge in [0, 0.05) is 11.6 Å². The number of carboxylic acids is 1. The molecule has 1 aliphatic carbocycles. The molecule has 10 nitrogen and oxygen atoms in total. The lowest BCUT2D eigenvalue weighted by Crippen LogP contribution is -2.49. The van der Waals surface area contributed by atoms with Crippen molar-refractivity contribution >= 4 is 17.9 Å². The van der Waals surface area contributed by atoms with Crippen LogP contribution in [0.25, 0.3) is 0 Å². The van der Waals surface area contributed by atoms with Crippen LogP contribution in [-0.4, -0.2) is 65.2 Å². The number of nitrogens with two attached hydrogens (primary N) is 1. The maximum absolute atomic E-state index is 13.2. The minimum atomic E-state index is -1.16. The van der Waals surface area contributed by atoms with E-state index in [1.165, 1.54) is 49.8 Å². The number of benzene rings is 1. The molecule has 1 fully saturated rings. The second kappa shape index (κ2) is 20.5. The normalized spacial score (nSPS) is 21.5. The van der Waals surface area contributed by atoms with Crippen molar-refractivity contribution in [1.29, 1.82) is 0 Å². The molecule has 2 aliphatic rings. The molecular weight excluding hydrogens is 646 g/mol. The number of hydrogen-bond donors (Lipinski definition) is 3. The van der Waals surface area contributed by atoms with Crippen molar-refractivity contribution in [2.75, 3.05) is 19.6 Å². The Morgan fingerprint density at radius 1 is 0.882 bits per heavy atom. The number of nitrogens with zero attached hydrogens (tertiary/aromatic N) is 1. The number of ether oxygens (including phenoxy) is 2. The van der Waals surface area contributed by atoms with Crippen molar-refractivity contribution in [2.45, 2.75) is 169 Å². The number of esters is 1. The fraction of sp³-hybridized carbons (Fsp3) is 0.780. The molecule has 1 aliphatic heterocycles. The van der Waals surface area contributed by atoms with Crippen LogP contribution < -0.4 is 20.7 Å². The molecule has 1 aromatic carbocycles. The molecule has 3 rings (SSSR count). The third-order valence-corrected chi connectivity index (χ3v) is 11.3. The Morgan fingerprint density at radius 3 is 2.12 bits per heavy atom. The first-order chi connectivity index (χ1) is 24.1. The largest absolute Gasteiger partial charge is 0.487 e. The lowest BCUT2D eigenvalue weighted by molar-refractivity contribution is -0.156. The standard InChI is InChI=1S/C41H69N3O7/c1-27(2)14-11-15-28(3)16-12-17-29(4)18-13-22-41(8)23-21-33-32(7)39(30(5)31(6)40(33)50-41)49-37(47)25-44(24-36(45)46)26-38(48)51-43-35-20-10-9-19-34(35)42/h27-29,34-35,43H,9-26,42H2,1-8H3,(H,45,46)/t28-,29-,34-,35-,41-/m1/s1. The highest BCUT2D eigenvalue weighted by Crippen LogP contribution is 2.45. The van der Waals surface area contributed by atoms with Crippen LogP contribution in [0.4, 0.5) is 0 Å². The lowest BCUT2D eigenvalue weighted by Gasteiger charge is -2.38. The average molecular weight is 716 g/mol. The van der Waals surface area contributed by atoms with Gasteiger partial charge in [-0.15, -0.1) is 5.48 Å². The quantitative estimate of drug-likeness (QED) is 0.0658. The van der Waals surface area contributed by atoms with Gasteiger partial charge in [0.2, 0.25) is 0 Å². The summed E-state index contributed by atoms with van der Waals surface area (Å²) in [6.45, 7) is 16.2. The Balaban J connectivity index is 1.52. The SMILES string of the molecule is Cc1c(C)c2c(c(C)c1OC(=O)CN(CC(=O)O)CC(=O)ON[C@@H]1CCCC[C@H]1N)CC[C@@](C)(CCC[C@H](C)CCC[C@H](C)CCCC(C)C)O2. The van der Waals surface area contributed by atoms with E-state index in [2.05, 4.69) is 40.1 Å². The maximum atomic E-state index is 13.2. The van der Waals surface area contributed by atoms with Crippen molar-refractivity contribution in [3.63, 3.8) is 0 Å². The topological polar surface area (TPSA) is 140 Å². The van der Waals surface area contributed by atoms with E-state index in [1.807, 2.05) is 20.8 Å². The lowest BCUT2D eigenvalue weighted by atomic mass is 9.83. The van der Waals surface area contributed by atoms with E-state index in [1.54, 1.807) is 0 Å². The number of hydrogen-bond acceptors (Lipinski definition) is 9. The predicted octanol–water partition coefficient (Wildman–Crippen LogP) is 7.74. The first-order valence-electron chi connectivity index (χ1n) is 19.8. The summed E-state index contributed by atoms with van der Waals surface area (Å²) in [6, 6.07) is -0.267. The van der Waals surface area contributed by atoms with Gasteiger partial charge >= 0.3 is 17.9 Å². The summed E-state index contributed by atoms with van der Waals surface area (Å²) in [4.78, 5) is 43.7. The number of nitrogens with one attached hydrogen (secondary N) is 1. The molecule has 1 heterocycles. The van der Waals surface area contributed by atoms with E-state index in [4.69, 9.17) is 20.0 Å². The third kappa shape index (κ3) is 14.0. The average Bonchev–Trinajstić information content (AvgIpc) is 3.04. The number of aliphatic carboxylic acids is 1. The van der Waals surface area contributed by atoms with Gasteiger partial charge in [-0.2, -0.15) is 0 Å². The van der Waals surface area contributed by atoms with E-state index in [0.717, 1.165) is 91.2 Å². The van der Waals surface area contributed by atoms with Crippen molar-refractivity contribution in [3.8, 4) is 11.5 Å². The van der Waals surface area contributed by atoms with E-state index < -0.39 is 24.5 Å². The molecule has 0 amide bonds. The maximum Gasteiger partial charge on any atom is 0.338 e.